The summed E-state index contributed by atoms with van der Waals surface area (Å²) in [6.07, 6.45) is 0. The van der Waals surface area contributed by atoms with E-state index < -0.39 is 0 Å². The Hall–Kier alpha value is -2.12. The Balaban J connectivity index is 1.65. The Morgan fingerprint density at radius 2 is 1.74 bits per heavy atom. The van der Waals surface area contributed by atoms with Gasteiger partial charge in [0.15, 0.2) is 0 Å². The molecule has 3 rings (SSSR count). The highest BCUT2D eigenvalue weighted by molar-refractivity contribution is 5.89. The summed E-state index contributed by atoms with van der Waals surface area (Å²) in [5.74, 6) is 0. The first-order valence-electron chi connectivity index (χ1n) is 7.93. The molecule has 1 saturated heterocycles. The number of piperazine rings is 1. The van der Waals surface area contributed by atoms with Gasteiger partial charge >= 0.3 is 11.7 Å². The van der Waals surface area contributed by atoms with Gasteiger partial charge in [0, 0.05) is 46.3 Å². The highest BCUT2D eigenvalue weighted by Gasteiger charge is 2.17. The molecule has 0 aliphatic carbocycles. The summed E-state index contributed by atoms with van der Waals surface area (Å²) in [4.78, 5) is 29.3. The molecule has 2 heterocycles. The fourth-order valence-electron chi connectivity index (χ4n) is 2.96. The first-order chi connectivity index (χ1) is 11.1. The SMILES string of the molecule is CN1CCN(CCNC(=O)n2c(=O)n(C)c3ccccc32)CC1. The molecule has 2 aromatic rings. The summed E-state index contributed by atoms with van der Waals surface area (Å²) in [6.45, 7) is 5.48. The molecule has 0 saturated carbocycles. The van der Waals surface area contributed by atoms with Crippen molar-refractivity contribution < 1.29 is 4.79 Å². The lowest BCUT2D eigenvalue weighted by atomic mass is 10.3. The number of carbonyl (C=O) groups excluding carboxylic acids is 1. The molecule has 0 atom stereocenters. The Morgan fingerprint density at radius 3 is 2.43 bits per heavy atom. The lowest BCUT2D eigenvalue weighted by Crippen LogP contribution is -2.47. The maximum atomic E-state index is 12.4. The maximum absolute atomic E-state index is 12.4. The Labute approximate surface area is 135 Å². The summed E-state index contributed by atoms with van der Waals surface area (Å²) in [6, 6.07) is 6.95. The van der Waals surface area contributed by atoms with Gasteiger partial charge in [0.25, 0.3) is 0 Å². The molecule has 23 heavy (non-hydrogen) atoms. The van der Waals surface area contributed by atoms with Crippen LogP contribution in [0.25, 0.3) is 11.0 Å². The summed E-state index contributed by atoms with van der Waals surface area (Å²) < 4.78 is 2.70. The smallest absolute Gasteiger partial charge is 0.336 e. The van der Waals surface area contributed by atoms with Crippen molar-refractivity contribution in [2.75, 3.05) is 46.3 Å². The quantitative estimate of drug-likeness (QED) is 0.875. The number of hydrogen-bond donors (Lipinski definition) is 1. The van der Waals surface area contributed by atoms with Crippen LogP contribution in [0.4, 0.5) is 4.79 Å². The van der Waals surface area contributed by atoms with E-state index in [1.165, 1.54) is 9.13 Å². The molecule has 0 spiro atoms. The average molecular weight is 317 g/mol. The zero-order valence-corrected chi connectivity index (χ0v) is 13.7. The van der Waals surface area contributed by atoms with Crippen LogP contribution in [0, 0.1) is 0 Å². The van der Waals surface area contributed by atoms with E-state index in [-0.39, 0.29) is 11.7 Å². The summed E-state index contributed by atoms with van der Waals surface area (Å²) >= 11 is 0. The third kappa shape index (κ3) is 3.16. The molecule has 0 bridgehead atoms. The Morgan fingerprint density at radius 1 is 1.09 bits per heavy atom. The molecule has 1 aliphatic heterocycles. The van der Waals surface area contributed by atoms with Crippen LogP contribution in [0.3, 0.4) is 0 Å². The molecule has 1 N–H and O–H groups in total. The summed E-state index contributed by atoms with van der Waals surface area (Å²) in [7, 11) is 3.80. The number of nitrogens with one attached hydrogen (secondary N) is 1. The third-order valence-corrected chi connectivity index (χ3v) is 4.47. The molecular formula is C16H23N5O2. The van der Waals surface area contributed by atoms with E-state index in [1.54, 1.807) is 13.1 Å². The second-order valence-corrected chi connectivity index (χ2v) is 6.04. The van der Waals surface area contributed by atoms with Crippen LogP contribution >= 0.6 is 0 Å². The van der Waals surface area contributed by atoms with E-state index in [2.05, 4.69) is 22.2 Å². The topological polar surface area (TPSA) is 62.5 Å². The van der Waals surface area contributed by atoms with Crippen LogP contribution in [-0.4, -0.2) is 71.3 Å². The average Bonchev–Trinajstić information content (AvgIpc) is 2.81. The molecule has 0 radical (unpaired) electrons. The van der Waals surface area contributed by atoms with Crippen LogP contribution in [-0.2, 0) is 7.05 Å². The Bertz CT molecular complexity index is 755. The number of rotatable bonds is 3. The van der Waals surface area contributed by atoms with Crippen LogP contribution in [0.5, 0.6) is 0 Å². The first kappa shape index (κ1) is 15.8. The van der Waals surface area contributed by atoms with E-state index in [0.29, 0.717) is 12.1 Å². The molecule has 1 aromatic heterocycles. The van der Waals surface area contributed by atoms with Gasteiger partial charge in [0.1, 0.15) is 0 Å². The molecule has 1 amide bonds. The third-order valence-electron chi connectivity index (χ3n) is 4.47. The van der Waals surface area contributed by atoms with Gasteiger partial charge < -0.3 is 10.2 Å². The molecule has 1 aromatic carbocycles. The van der Waals surface area contributed by atoms with Crippen molar-refractivity contribution in [3.8, 4) is 0 Å². The van der Waals surface area contributed by atoms with Crippen LogP contribution in [0.2, 0.25) is 0 Å². The van der Waals surface area contributed by atoms with Crippen LogP contribution in [0.15, 0.2) is 29.1 Å². The first-order valence-corrected chi connectivity index (χ1v) is 7.93. The highest BCUT2D eigenvalue weighted by atomic mass is 16.2. The molecule has 124 valence electrons. The zero-order valence-electron chi connectivity index (χ0n) is 13.7. The molecule has 1 aliphatic rings. The molecular weight excluding hydrogens is 294 g/mol. The second-order valence-electron chi connectivity index (χ2n) is 6.04. The number of likely N-dealkylation sites (N-methyl/N-ethyl adjacent to an activating group) is 1. The molecule has 7 heteroatoms. The summed E-state index contributed by atoms with van der Waals surface area (Å²) in [5.41, 5.74) is 1.08. The van der Waals surface area contributed by atoms with Gasteiger partial charge in [-0.2, -0.15) is 0 Å². The zero-order chi connectivity index (χ0) is 16.4. The van der Waals surface area contributed by atoms with Gasteiger partial charge in [-0.05, 0) is 19.2 Å². The number of fused-ring (bicyclic) bond motifs is 1. The fourth-order valence-corrected chi connectivity index (χ4v) is 2.96. The van der Waals surface area contributed by atoms with Crippen molar-refractivity contribution in [1.29, 1.82) is 0 Å². The van der Waals surface area contributed by atoms with Gasteiger partial charge in [-0.25, -0.2) is 14.2 Å². The van der Waals surface area contributed by atoms with Crippen molar-refractivity contribution in [2.45, 2.75) is 0 Å². The number of amides is 1. The standard InChI is InChI=1S/C16H23N5O2/c1-18-9-11-20(12-10-18)8-7-17-15(22)21-14-6-4-3-5-13(14)19(2)16(21)23/h3-6H,7-12H2,1-2H3,(H,17,22). The van der Waals surface area contributed by atoms with E-state index in [0.717, 1.165) is 38.2 Å². The summed E-state index contributed by atoms with van der Waals surface area (Å²) in [5, 5.41) is 2.86. The highest BCUT2D eigenvalue weighted by Crippen LogP contribution is 2.10. The number of benzene rings is 1. The minimum atomic E-state index is -0.360. The number of imidazole rings is 1. The largest absolute Gasteiger partial charge is 0.337 e. The van der Waals surface area contributed by atoms with Crippen molar-refractivity contribution in [3.05, 3.63) is 34.7 Å². The molecule has 0 unspecified atom stereocenters. The van der Waals surface area contributed by atoms with Crippen molar-refractivity contribution in [3.63, 3.8) is 0 Å². The van der Waals surface area contributed by atoms with E-state index in [1.807, 2.05) is 18.2 Å². The number of para-hydroxylation sites is 2. The number of aryl methyl sites for hydroxylation is 1. The second kappa shape index (κ2) is 6.55. The normalized spacial score (nSPS) is 16.8. The van der Waals surface area contributed by atoms with Crippen molar-refractivity contribution >= 4 is 17.1 Å². The van der Waals surface area contributed by atoms with Crippen LogP contribution < -0.4 is 11.0 Å². The molecule has 1 fully saturated rings. The minimum Gasteiger partial charge on any atom is -0.336 e. The number of aromatic nitrogens is 2. The Kier molecular flexibility index (Phi) is 4.49. The number of carbonyl (C=O) groups is 1. The number of nitrogens with zero attached hydrogens (tertiary/aromatic N) is 4. The monoisotopic (exact) mass is 317 g/mol. The van der Waals surface area contributed by atoms with Gasteiger partial charge in [-0.3, -0.25) is 9.47 Å². The fraction of sp³-hybridized carbons (Fsp3) is 0.500. The minimum absolute atomic E-state index is 0.316. The van der Waals surface area contributed by atoms with E-state index in [9.17, 15) is 9.59 Å². The van der Waals surface area contributed by atoms with Crippen molar-refractivity contribution in [1.82, 2.24) is 24.3 Å². The van der Waals surface area contributed by atoms with E-state index >= 15 is 0 Å². The predicted molar refractivity (Wildman–Crippen MR) is 89.9 cm³/mol. The maximum Gasteiger partial charge on any atom is 0.337 e. The van der Waals surface area contributed by atoms with Gasteiger partial charge in [0.2, 0.25) is 0 Å². The molecule has 7 nitrogen and oxygen atoms in total. The predicted octanol–water partition coefficient (Wildman–Crippen LogP) is 0.145. The van der Waals surface area contributed by atoms with Gasteiger partial charge in [-0.15, -0.1) is 0 Å². The van der Waals surface area contributed by atoms with E-state index in [4.69, 9.17) is 0 Å². The van der Waals surface area contributed by atoms with Gasteiger partial charge in [0.05, 0.1) is 11.0 Å². The lowest BCUT2D eigenvalue weighted by Gasteiger charge is -2.32. The lowest BCUT2D eigenvalue weighted by molar-refractivity contribution is 0.155. The van der Waals surface area contributed by atoms with Crippen LogP contribution in [0.1, 0.15) is 0 Å². The van der Waals surface area contributed by atoms with Gasteiger partial charge in [-0.1, -0.05) is 12.1 Å². The number of hydrogen-bond acceptors (Lipinski definition) is 4. The van der Waals surface area contributed by atoms with Crippen molar-refractivity contribution in [2.24, 2.45) is 7.05 Å².